The Hall–Kier alpha value is -2.55. The highest BCUT2D eigenvalue weighted by Crippen LogP contribution is 2.21. The van der Waals surface area contributed by atoms with Gasteiger partial charge in [-0.2, -0.15) is 0 Å². The van der Waals surface area contributed by atoms with Gasteiger partial charge in [-0.3, -0.25) is 9.48 Å². The van der Waals surface area contributed by atoms with Crippen LogP contribution in [-0.2, 0) is 11.8 Å². The number of nitrogens with zero attached hydrogens (tertiary/aromatic N) is 6. The molecule has 1 saturated heterocycles. The molecule has 9 heteroatoms. The minimum atomic E-state index is -0.327. The Bertz CT molecular complexity index is 699. The van der Waals surface area contributed by atoms with Crippen molar-refractivity contribution in [2.45, 2.75) is 13.8 Å². The number of ether oxygens (including phenoxy) is 1. The number of carbonyl (C=O) groups is 1. The molecule has 2 aromatic heterocycles. The summed E-state index contributed by atoms with van der Waals surface area (Å²) in [6.45, 7) is 6.59. The highest BCUT2D eigenvalue weighted by molar-refractivity contribution is 6.03. The van der Waals surface area contributed by atoms with Crippen LogP contribution in [0.2, 0.25) is 0 Å². The first kappa shape index (κ1) is 15.3. The van der Waals surface area contributed by atoms with Crippen molar-refractivity contribution < 1.29 is 9.53 Å². The van der Waals surface area contributed by atoms with Crippen molar-refractivity contribution in [2.24, 2.45) is 7.05 Å². The van der Waals surface area contributed by atoms with Gasteiger partial charge in [0.2, 0.25) is 5.95 Å². The summed E-state index contributed by atoms with van der Waals surface area (Å²) in [6, 6.07) is 0. The van der Waals surface area contributed by atoms with Gasteiger partial charge < -0.3 is 15.0 Å². The second-order valence-corrected chi connectivity index (χ2v) is 5.40. The molecule has 1 fully saturated rings. The molecule has 122 valence electrons. The largest absolute Gasteiger partial charge is 0.378 e. The lowest BCUT2D eigenvalue weighted by molar-refractivity contribution is 0.102. The summed E-state index contributed by atoms with van der Waals surface area (Å²) in [6.07, 6.45) is 1.56. The van der Waals surface area contributed by atoms with Crippen molar-refractivity contribution >= 4 is 17.5 Å². The second-order valence-electron chi connectivity index (χ2n) is 5.40. The summed E-state index contributed by atoms with van der Waals surface area (Å²) in [7, 11) is 1.71. The van der Waals surface area contributed by atoms with Crippen LogP contribution in [0.15, 0.2) is 6.20 Å². The molecule has 9 nitrogen and oxygen atoms in total. The van der Waals surface area contributed by atoms with Gasteiger partial charge in [-0.05, 0) is 13.8 Å². The SMILES string of the molecule is Cc1nc(N2CCOCC2)nc(C)c1NC(=O)c1cn(C)nn1. The minimum absolute atomic E-state index is 0.253. The van der Waals surface area contributed by atoms with E-state index in [0.29, 0.717) is 24.8 Å². The quantitative estimate of drug-likeness (QED) is 0.870. The number of hydrogen-bond donors (Lipinski definition) is 1. The first-order valence-electron chi connectivity index (χ1n) is 7.40. The first-order chi connectivity index (χ1) is 11.0. The van der Waals surface area contributed by atoms with Crippen LogP contribution >= 0.6 is 0 Å². The molecule has 3 heterocycles. The van der Waals surface area contributed by atoms with Crippen molar-refractivity contribution in [3.05, 3.63) is 23.3 Å². The molecule has 0 unspecified atom stereocenters. The summed E-state index contributed by atoms with van der Waals surface area (Å²) in [5.74, 6) is 0.341. The zero-order valence-electron chi connectivity index (χ0n) is 13.4. The minimum Gasteiger partial charge on any atom is -0.378 e. The number of nitrogens with one attached hydrogen (secondary N) is 1. The summed E-state index contributed by atoms with van der Waals surface area (Å²) >= 11 is 0. The van der Waals surface area contributed by atoms with Gasteiger partial charge in [-0.1, -0.05) is 5.21 Å². The second kappa shape index (κ2) is 6.29. The molecular weight excluding hydrogens is 298 g/mol. The lowest BCUT2D eigenvalue weighted by atomic mass is 10.2. The van der Waals surface area contributed by atoms with E-state index < -0.39 is 0 Å². The highest BCUT2D eigenvalue weighted by atomic mass is 16.5. The molecule has 2 aromatic rings. The predicted octanol–water partition coefficient (Wildman–Crippen LogP) is 0.311. The average molecular weight is 317 g/mol. The number of amides is 1. The number of hydrogen-bond acceptors (Lipinski definition) is 7. The number of aryl methyl sites for hydroxylation is 3. The molecule has 3 rings (SSSR count). The molecule has 1 aliphatic rings. The molecule has 1 N–H and O–H groups in total. The Kier molecular flexibility index (Phi) is 4.20. The van der Waals surface area contributed by atoms with Crippen molar-refractivity contribution in [2.75, 3.05) is 36.5 Å². The standard InChI is InChI=1S/C14H19N7O2/c1-9-12(17-13(22)11-8-20(3)19-18-11)10(2)16-14(15-9)21-4-6-23-7-5-21/h8H,4-7H2,1-3H3,(H,17,22). The number of rotatable bonds is 3. The van der Waals surface area contributed by atoms with Crippen LogP contribution in [0.4, 0.5) is 11.6 Å². The molecule has 1 aliphatic heterocycles. The number of aromatic nitrogens is 5. The van der Waals surface area contributed by atoms with E-state index in [-0.39, 0.29) is 11.6 Å². The van der Waals surface area contributed by atoms with E-state index in [2.05, 4.69) is 30.5 Å². The van der Waals surface area contributed by atoms with Crippen LogP contribution in [0, 0.1) is 13.8 Å². The molecule has 0 aromatic carbocycles. The topological polar surface area (TPSA) is 98.1 Å². The van der Waals surface area contributed by atoms with E-state index in [1.807, 2.05) is 13.8 Å². The maximum Gasteiger partial charge on any atom is 0.277 e. The highest BCUT2D eigenvalue weighted by Gasteiger charge is 2.19. The lowest BCUT2D eigenvalue weighted by Gasteiger charge is -2.27. The third-order valence-corrected chi connectivity index (χ3v) is 3.63. The molecule has 0 bridgehead atoms. The van der Waals surface area contributed by atoms with Crippen LogP contribution < -0.4 is 10.2 Å². The van der Waals surface area contributed by atoms with Gasteiger partial charge in [-0.25, -0.2) is 9.97 Å². The number of anilines is 2. The molecule has 23 heavy (non-hydrogen) atoms. The molecule has 0 atom stereocenters. The molecule has 0 aliphatic carbocycles. The number of morpholine rings is 1. The summed E-state index contributed by atoms with van der Waals surface area (Å²) in [5, 5.41) is 10.4. The van der Waals surface area contributed by atoms with Crippen molar-refractivity contribution in [1.82, 2.24) is 25.0 Å². The van der Waals surface area contributed by atoms with Gasteiger partial charge in [0, 0.05) is 20.1 Å². The molecular formula is C14H19N7O2. The lowest BCUT2D eigenvalue weighted by Crippen LogP contribution is -2.37. The number of carbonyl (C=O) groups excluding carboxylic acids is 1. The van der Waals surface area contributed by atoms with Gasteiger partial charge in [0.05, 0.1) is 36.5 Å². The first-order valence-corrected chi connectivity index (χ1v) is 7.40. The van der Waals surface area contributed by atoms with Crippen LogP contribution in [0.1, 0.15) is 21.9 Å². The Morgan fingerprint density at radius 3 is 2.43 bits per heavy atom. The fourth-order valence-electron chi connectivity index (χ4n) is 2.41. The van der Waals surface area contributed by atoms with Crippen molar-refractivity contribution in [1.29, 1.82) is 0 Å². The van der Waals surface area contributed by atoms with Gasteiger partial charge in [0.15, 0.2) is 5.69 Å². The van der Waals surface area contributed by atoms with Gasteiger partial charge in [0.1, 0.15) is 0 Å². The average Bonchev–Trinajstić information content (AvgIpc) is 2.98. The Balaban J connectivity index is 1.81. The molecule has 0 saturated carbocycles. The van der Waals surface area contributed by atoms with E-state index in [9.17, 15) is 4.79 Å². The fraction of sp³-hybridized carbons (Fsp3) is 0.500. The van der Waals surface area contributed by atoms with Gasteiger partial charge in [-0.15, -0.1) is 5.10 Å². The molecule has 0 spiro atoms. The predicted molar refractivity (Wildman–Crippen MR) is 83.5 cm³/mol. The Labute approximate surface area is 133 Å². The third-order valence-electron chi connectivity index (χ3n) is 3.63. The monoisotopic (exact) mass is 317 g/mol. The van der Waals surface area contributed by atoms with E-state index in [0.717, 1.165) is 24.5 Å². The zero-order chi connectivity index (χ0) is 16.4. The maximum absolute atomic E-state index is 12.2. The van der Waals surface area contributed by atoms with Gasteiger partial charge >= 0.3 is 0 Å². The Morgan fingerprint density at radius 1 is 1.22 bits per heavy atom. The van der Waals surface area contributed by atoms with Crippen molar-refractivity contribution in [3.63, 3.8) is 0 Å². The molecule has 1 amide bonds. The smallest absolute Gasteiger partial charge is 0.277 e. The van der Waals surface area contributed by atoms with E-state index in [4.69, 9.17) is 4.74 Å². The maximum atomic E-state index is 12.2. The van der Waals surface area contributed by atoms with Crippen molar-refractivity contribution in [3.8, 4) is 0 Å². The summed E-state index contributed by atoms with van der Waals surface area (Å²) in [4.78, 5) is 23.3. The summed E-state index contributed by atoms with van der Waals surface area (Å²) < 4.78 is 6.82. The zero-order valence-corrected chi connectivity index (χ0v) is 13.4. The fourth-order valence-corrected chi connectivity index (χ4v) is 2.41. The Morgan fingerprint density at radius 2 is 1.87 bits per heavy atom. The normalized spacial score (nSPS) is 14.8. The molecule has 0 radical (unpaired) electrons. The van der Waals surface area contributed by atoms with Crippen LogP contribution in [0.5, 0.6) is 0 Å². The third kappa shape index (κ3) is 3.29. The van der Waals surface area contributed by atoms with Crippen LogP contribution in [-0.4, -0.2) is 57.2 Å². The van der Waals surface area contributed by atoms with E-state index in [1.165, 1.54) is 4.68 Å². The van der Waals surface area contributed by atoms with Gasteiger partial charge in [0.25, 0.3) is 5.91 Å². The van der Waals surface area contributed by atoms with Crippen LogP contribution in [0.25, 0.3) is 0 Å². The van der Waals surface area contributed by atoms with Crippen LogP contribution in [0.3, 0.4) is 0 Å². The van der Waals surface area contributed by atoms with E-state index >= 15 is 0 Å². The summed E-state index contributed by atoms with van der Waals surface area (Å²) in [5.41, 5.74) is 2.30. The van der Waals surface area contributed by atoms with E-state index in [1.54, 1.807) is 13.2 Å².